The average Bonchev–Trinajstić information content (AvgIpc) is 3.20. The highest BCUT2D eigenvalue weighted by atomic mass is 19.4. The summed E-state index contributed by atoms with van der Waals surface area (Å²) in [5.41, 5.74) is 0.370. The minimum atomic E-state index is -4.66. The molecule has 1 aromatic heterocycles. The normalized spacial score (nSPS) is 22.4. The van der Waals surface area contributed by atoms with Gasteiger partial charge in [-0.2, -0.15) is 17.8 Å². The minimum absolute atomic E-state index is 0.146. The number of fused-ring (bicyclic) bond motifs is 1. The van der Waals surface area contributed by atoms with Gasteiger partial charge in [-0.05, 0) is 31.2 Å². The second kappa shape index (κ2) is 8.15. The van der Waals surface area contributed by atoms with E-state index >= 15 is 0 Å². The second-order valence-electron chi connectivity index (χ2n) is 9.74. The van der Waals surface area contributed by atoms with Gasteiger partial charge in [0, 0.05) is 40.8 Å². The van der Waals surface area contributed by atoms with E-state index in [4.69, 9.17) is 4.74 Å². The van der Waals surface area contributed by atoms with Crippen LogP contribution < -0.4 is 5.32 Å². The molecule has 1 aliphatic carbocycles. The van der Waals surface area contributed by atoms with Crippen LogP contribution in [0.1, 0.15) is 68.6 Å². The fraction of sp³-hybridized carbons (Fsp3) is 0.500. The third-order valence-corrected chi connectivity index (χ3v) is 6.52. The number of hydrogen-bond acceptors (Lipinski definition) is 5. The molecule has 2 heterocycles. The van der Waals surface area contributed by atoms with E-state index in [1.807, 2.05) is 27.7 Å². The monoisotopic (exact) mass is 473 g/mol. The Hall–Kier alpha value is -3.35. The third kappa shape index (κ3) is 4.04. The predicted octanol–water partition coefficient (Wildman–Crippen LogP) is 4.03. The summed E-state index contributed by atoms with van der Waals surface area (Å²) in [6.07, 6.45) is -4.47. The van der Waals surface area contributed by atoms with Gasteiger partial charge in [-0.25, -0.2) is 0 Å². The average molecular weight is 473 g/mol. The number of benzene rings is 1. The molecule has 4 rings (SSSR count). The molecular weight excluding hydrogens is 447 g/mol. The van der Waals surface area contributed by atoms with E-state index in [0.717, 1.165) is 5.56 Å². The fourth-order valence-corrected chi connectivity index (χ4v) is 5.21. The first kappa shape index (κ1) is 23.8. The third-order valence-electron chi connectivity index (χ3n) is 6.52. The lowest BCUT2D eigenvalue weighted by atomic mass is 9.49. The van der Waals surface area contributed by atoms with Crippen molar-refractivity contribution in [3.05, 3.63) is 47.0 Å². The number of ether oxygens (including phenoxy) is 1. The molecule has 180 valence electrons. The Bertz CT molecular complexity index is 1180. The Morgan fingerprint density at radius 3 is 2.35 bits per heavy atom. The van der Waals surface area contributed by atoms with Crippen molar-refractivity contribution in [3.63, 3.8) is 0 Å². The first-order chi connectivity index (χ1) is 15.9. The van der Waals surface area contributed by atoms with Gasteiger partial charge < -0.3 is 10.1 Å². The molecule has 0 bridgehead atoms. The maximum absolute atomic E-state index is 13.2. The molecule has 1 aromatic carbocycles. The number of nitrogens with one attached hydrogen (secondary N) is 1. The van der Waals surface area contributed by atoms with Crippen LogP contribution >= 0.6 is 0 Å². The molecule has 34 heavy (non-hydrogen) atoms. The van der Waals surface area contributed by atoms with Crippen LogP contribution in [0.25, 0.3) is 0 Å². The highest BCUT2D eigenvalue weighted by molar-refractivity contribution is 5.94. The molecule has 2 aliphatic rings. The van der Waals surface area contributed by atoms with Crippen molar-refractivity contribution in [2.75, 3.05) is 0 Å². The maximum Gasteiger partial charge on any atom is 0.453 e. The minimum Gasteiger partial charge on any atom is -0.475 e. The topological polar surface area (TPSA) is 81.4 Å². The van der Waals surface area contributed by atoms with Gasteiger partial charge in [0.05, 0.1) is 0 Å². The summed E-state index contributed by atoms with van der Waals surface area (Å²) in [5, 5.41) is 14.0. The van der Waals surface area contributed by atoms with Crippen LogP contribution in [-0.2, 0) is 17.3 Å². The number of aromatic nitrogens is 3. The highest BCUT2D eigenvalue weighted by Crippen LogP contribution is 2.56. The lowest BCUT2D eigenvalue weighted by molar-refractivity contribution is -0.172. The summed E-state index contributed by atoms with van der Waals surface area (Å²) in [7, 11) is 0. The molecule has 1 amide bonds. The van der Waals surface area contributed by atoms with Crippen LogP contribution in [0.4, 0.5) is 13.2 Å². The van der Waals surface area contributed by atoms with Gasteiger partial charge in [-0.3, -0.25) is 4.79 Å². The Balaban J connectivity index is 1.50. The quantitative estimate of drug-likeness (QED) is 0.683. The zero-order valence-corrected chi connectivity index (χ0v) is 19.6. The zero-order chi connectivity index (χ0) is 24.9. The number of carbonyl (C=O) groups is 1. The van der Waals surface area contributed by atoms with Crippen molar-refractivity contribution in [2.45, 2.75) is 65.8 Å². The Morgan fingerprint density at radius 2 is 1.76 bits per heavy atom. The summed E-state index contributed by atoms with van der Waals surface area (Å²) in [5.74, 6) is 4.72. The number of nitrogens with zero attached hydrogens (tertiary/aromatic N) is 4. The van der Waals surface area contributed by atoms with E-state index in [1.54, 1.807) is 31.2 Å². The molecule has 1 fully saturated rings. The van der Waals surface area contributed by atoms with Crippen molar-refractivity contribution in [3.8, 4) is 11.8 Å². The largest absolute Gasteiger partial charge is 0.475 e. The molecule has 7 nitrogen and oxygen atoms in total. The molecule has 0 saturated heterocycles. The van der Waals surface area contributed by atoms with Gasteiger partial charge in [-0.1, -0.05) is 33.6 Å². The fourth-order valence-electron chi connectivity index (χ4n) is 5.21. The van der Waals surface area contributed by atoms with Crippen LogP contribution in [0, 0.1) is 22.7 Å². The molecule has 0 unspecified atom stereocenters. The maximum atomic E-state index is 13.2. The smallest absolute Gasteiger partial charge is 0.453 e. The van der Waals surface area contributed by atoms with E-state index in [1.165, 1.54) is 0 Å². The molecule has 10 heteroatoms. The summed E-state index contributed by atoms with van der Waals surface area (Å²) in [6.45, 7) is 9.59. The van der Waals surface area contributed by atoms with Crippen molar-refractivity contribution in [2.24, 2.45) is 15.9 Å². The predicted molar refractivity (Wildman–Crippen MR) is 119 cm³/mol. The summed E-state index contributed by atoms with van der Waals surface area (Å²) in [6, 6.07) is 6.82. The van der Waals surface area contributed by atoms with Gasteiger partial charge in [0.1, 0.15) is 6.10 Å². The van der Waals surface area contributed by atoms with Crippen LogP contribution in [0.2, 0.25) is 0 Å². The molecule has 0 radical (unpaired) electrons. The van der Waals surface area contributed by atoms with E-state index in [0.29, 0.717) is 16.7 Å². The number of alkyl halides is 3. The standard InChI is InChI=1S/C24H26F3N5O2/c1-6-7-14-8-10-15(11-9-14)18(33)28-19-22(2,3)20(23(19,4)5)34-17-13-12-16-29-30-21(24(25,26)27)32(16)31-17/h8-11,19-20H,12-13H2,1-5H3,(H,28,33). The van der Waals surface area contributed by atoms with Crippen molar-refractivity contribution >= 4 is 11.8 Å². The number of carbonyl (C=O) groups excluding carboxylic acids is 1. The van der Waals surface area contributed by atoms with Crippen LogP contribution in [-0.4, -0.2) is 38.8 Å². The van der Waals surface area contributed by atoms with Gasteiger partial charge in [0.2, 0.25) is 5.90 Å². The molecule has 1 N–H and O–H groups in total. The zero-order valence-electron chi connectivity index (χ0n) is 19.6. The Morgan fingerprint density at radius 1 is 1.12 bits per heavy atom. The second-order valence-corrected chi connectivity index (χ2v) is 9.74. The Kier molecular flexibility index (Phi) is 5.70. The summed E-state index contributed by atoms with van der Waals surface area (Å²) >= 11 is 0. The number of aryl methyl sites for hydroxylation is 1. The van der Waals surface area contributed by atoms with Crippen LogP contribution in [0.5, 0.6) is 0 Å². The first-order valence-electron chi connectivity index (χ1n) is 11.0. The van der Waals surface area contributed by atoms with Crippen LogP contribution in [0.15, 0.2) is 29.4 Å². The first-order valence-corrected chi connectivity index (χ1v) is 11.0. The number of rotatable bonds is 3. The molecule has 0 atom stereocenters. The van der Waals surface area contributed by atoms with E-state index in [2.05, 4.69) is 32.5 Å². The molecule has 2 aromatic rings. The number of hydrogen-bond donors (Lipinski definition) is 1. The van der Waals surface area contributed by atoms with E-state index in [-0.39, 0.29) is 36.2 Å². The highest BCUT2D eigenvalue weighted by Gasteiger charge is 2.64. The van der Waals surface area contributed by atoms with Crippen molar-refractivity contribution in [1.29, 1.82) is 0 Å². The van der Waals surface area contributed by atoms with Crippen molar-refractivity contribution < 1.29 is 22.7 Å². The summed E-state index contributed by atoms with van der Waals surface area (Å²) in [4.78, 5) is 12.9. The number of amides is 1. The van der Waals surface area contributed by atoms with Gasteiger partial charge in [0.25, 0.3) is 11.7 Å². The molecule has 0 spiro atoms. The lowest BCUT2D eigenvalue weighted by Gasteiger charge is -2.63. The van der Waals surface area contributed by atoms with E-state index in [9.17, 15) is 18.0 Å². The SMILES string of the molecule is CC#Cc1ccc(C(=O)NC2C(C)(C)C(OC3=Nn4c(nnc4C(F)(F)F)CC3)C2(C)C)cc1. The molecule has 1 aliphatic heterocycles. The number of halogens is 3. The van der Waals surface area contributed by atoms with Gasteiger partial charge in [-0.15, -0.1) is 21.2 Å². The molecule has 1 saturated carbocycles. The summed E-state index contributed by atoms with van der Waals surface area (Å²) < 4.78 is 46.5. The lowest BCUT2D eigenvalue weighted by Crippen LogP contribution is -2.74. The van der Waals surface area contributed by atoms with Crippen molar-refractivity contribution in [1.82, 2.24) is 20.2 Å². The van der Waals surface area contributed by atoms with Crippen LogP contribution in [0.3, 0.4) is 0 Å². The van der Waals surface area contributed by atoms with Gasteiger partial charge >= 0.3 is 6.18 Å². The Labute approximate surface area is 195 Å². The van der Waals surface area contributed by atoms with E-state index < -0.39 is 22.8 Å². The molecular formula is C24H26F3N5O2. The van der Waals surface area contributed by atoms with Gasteiger partial charge in [0.15, 0.2) is 5.82 Å².